The van der Waals surface area contributed by atoms with E-state index >= 15 is 0 Å². The third-order valence-corrected chi connectivity index (χ3v) is 3.97. The maximum Gasteiger partial charge on any atom is 0.289 e. The smallest absolute Gasteiger partial charge is 0.289 e. The lowest BCUT2D eigenvalue weighted by Crippen LogP contribution is -2.29. The zero-order valence-electron chi connectivity index (χ0n) is 13.8. The second kappa shape index (κ2) is 6.04. The standard InChI is InChI=1S/C17H16N4O4/c1-3-15-20-16(21-25-15)10-4-5-11-12(8-23-13(11)6-10)19-17(22)14-7-18-9(2)24-14/h4-7,12H,3,8H2,1-2H3,(H,19,22). The molecule has 1 N–H and O–H groups in total. The summed E-state index contributed by atoms with van der Waals surface area (Å²) >= 11 is 0. The summed E-state index contributed by atoms with van der Waals surface area (Å²) in [5.74, 6) is 2.11. The minimum absolute atomic E-state index is 0.182. The monoisotopic (exact) mass is 340 g/mol. The third kappa shape index (κ3) is 2.86. The largest absolute Gasteiger partial charge is 0.491 e. The fourth-order valence-electron chi connectivity index (χ4n) is 2.68. The highest BCUT2D eigenvalue weighted by atomic mass is 16.5. The Labute approximate surface area is 143 Å². The van der Waals surface area contributed by atoms with Crippen molar-refractivity contribution in [2.45, 2.75) is 26.3 Å². The Balaban J connectivity index is 1.54. The molecule has 4 rings (SSSR count). The van der Waals surface area contributed by atoms with E-state index in [1.54, 1.807) is 6.92 Å². The minimum atomic E-state index is -0.322. The van der Waals surface area contributed by atoms with Gasteiger partial charge in [-0.2, -0.15) is 4.98 Å². The molecule has 0 aliphatic carbocycles. The number of benzene rings is 1. The average molecular weight is 340 g/mol. The maximum atomic E-state index is 12.2. The molecule has 1 aliphatic heterocycles. The molecule has 1 aromatic carbocycles. The second-order valence-corrected chi connectivity index (χ2v) is 5.70. The molecule has 8 nitrogen and oxygen atoms in total. The topological polar surface area (TPSA) is 103 Å². The summed E-state index contributed by atoms with van der Waals surface area (Å²) < 4.78 is 16.1. The zero-order chi connectivity index (χ0) is 17.4. The van der Waals surface area contributed by atoms with Crippen LogP contribution in [0.15, 0.2) is 33.3 Å². The number of amides is 1. The van der Waals surface area contributed by atoms with Gasteiger partial charge in [0.25, 0.3) is 5.91 Å². The number of hydrogen-bond donors (Lipinski definition) is 1. The number of carbonyl (C=O) groups is 1. The van der Waals surface area contributed by atoms with Crippen LogP contribution in [0.4, 0.5) is 0 Å². The summed E-state index contributed by atoms with van der Waals surface area (Å²) in [5, 5.41) is 6.85. The first kappa shape index (κ1) is 15.4. The highest BCUT2D eigenvalue weighted by molar-refractivity contribution is 5.91. The van der Waals surface area contributed by atoms with Gasteiger partial charge in [-0.25, -0.2) is 4.98 Å². The van der Waals surface area contributed by atoms with Gasteiger partial charge in [0.1, 0.15) is 12.4 Å². The zero-order valence-corrected chi connectivity index (χ0v) is 13.8. The number of aromatic nitrogens is 3. The normalized spacial score (nSPS) is 15.7. The van der Waals surface area contributed by atoms with Gasteiger partial charge in [0.2, 0.25) is 17.5 Å². The van der Waals surface area contributed by atoms with Crippen molar-refractivity contribution in [1.82, 2.24) is 20.4 Å². The number of carbonyl (C=O) groups excluding carboxylic acids is 1. The van der Waals surface area contributed by atoms with E-state index in [0.29, 0.717) is 36.4 Å². The number of aryl methyl sites for hydroxylation is 2. The maximum absolute atomic E-state index is 12.2. The molecule has 0 saturated heterocycles. The van der Waals surface area contributed by atoms with Crippen LogP contribution in [-0.4, -0.2) is 27.6 Å². The van der Waals surface area contributed by atoms with Crippen molar-refractivity contribution in [3.63, 3.8) is 0 Å². The predicted octanol–water partition coefficient (Wildman–Crippen LogP) is 2.46. The van der Waals surface area contributed by atoms with Crippen molar-refractivity contribution in [3.8, 4) is 17.1 Å². The molecular formula is C17H16N4O4. The van der Waals surface area contributed by atoms with Crippen molar-refractivity contribution in [3.05, 3.63) is 47.5 Å². The van der Waals surface area contributed by atoms with E-state index in [4.69, 9.17) is 13.7 Å². The number of nitrogens with one attached hydrogen (secondary N) is 1. The third-order valence-electron chi connectivity index (χ3n) is 3.97. The molecule has 1 amide bonds. The van der Waals surface area contributed by atoms with Crippen LogP contribution in [0.3, 0.4) is 0 Å². The van der Waals surface area contributed by atoms with Crippen LogP contribution in [0.1, 0.15) is 40.9 Å². The van der Waals surface area contributed by atoms with E-state index in [0.717, 1.165) is 11.1 Å². The Hall–Kier alpha value is -3.16. The molecule has 3 aromatic rings. The molecule has 1 unspecified atom stereocenters. The molecule has 8 heteroatoms. The van der Waals surface area contributed by atoms with Gasteiger partial charge in [-0.3, -0.25) is 4.79 Å². The SMILES string of the molecule is CCc1nc(-c2ccc3c(c2)OCC3NC(=O)c2cnc(C)o2)no1. The molecule has 128 valence electrons. The van der Waals surface area contributed by atoms with Gasteiger partial charge in [-0.05, 0) is 6.07 Å². The van der Waals surface area contributed by atoms with E-state index in [1.165, 1.54) is 6.20 Å². The van der Waals surface area contributed by atoms with E-state index in [9.17, 15) is 4.79 Å². The summed E-state index contributed by atoms with van der Waals surface area (Å²) in [7, 11) is 0. The van der Waals surface area contributed by atoms with Crippen LogP contribution in [0.2, 0.25) is 0 Å². The van der Waals surface area contributed by atoms with E-state index in [2.05, 4.69) is 20.4 Å². The Morgan fingerprint density at radius 2 is 2.28 bits per heavy atom. The van der Waals surface area contributed by atoms with Crippen molar-refractivity contribution in [2.75, 3.05) is 6.61 Å². The van der Waals surface area contributed by atoms with Gasteiger partial charge < -0.3 is 19.0 Å². The van der Waals surface area contributed by atoms with Crippen LogP contribution in [0.5, 0.6) is 5.75 Å². The Morgan fingerprint density at radius 3 is 3.00 bits per heavy atom. The minimum Gasteiger partial charge on any atom is -0.491 e. The fourth-order valence-corrected chi connectivity index (χ4v) is 2.68. The molecule has 2 aromatic heterocycles. The van der Waals surface area contributed by atoms with Crippen LogP contribution < -0.4 is 10.1 Å². The summed E-state index contributed by atoms with van der Waals surface area (Å²) in [6, 6.07) is 5.38. The number of rotatable bonds is 4. The lowest BCUT2D eigenvalue weighted by atomic mass is 10.1. The Morgan fingerprint density at radius 1 is 1.40 bits per heavy atom. The average Bonchev–Trinajstić information content (AvgIpc) is 3.34. The molecule has 0 spiro atoms. The predicted molar refractivity (Wildman–Crippen MR) is 86.1 cm³/mol. The van der Waals surface area contributed by atoms with E-state index in [1.807, 2.05) is 25.1 Å². The van der Waals surface area contributed by atoms with Crippen LogP contribution in [-0.2, 0) is 6.42 Å². The molecule has 3 heterocycles. The highest BCUT2D eigenvalue weighted by Gasteiger charge is 2.27. The van der Waals surface area contributed by atoms with Gasteiger partial charge in [-0.15, -0.1) is 0 Å². The number of oxazole rings is 1. The Kier molecular flexibility index (Phi) is 3.72. The van der Waals surface area contributed by atoms with Crippen molar-refractivity contribution in [2.24, 2.45) is 0 Å². The molecule has 0 radical (unpaired) electrons. The summed E-state index contributed by atoms with van der Waals surface area (Å²) in [4.78, 5) is 20.5. The molecule has 0 fully saturated rings. The molecule has 1 aliphatic rings. The lowest BCUT2D eigenvalue weighted by molar-refractivity contribution is 0.0901. The summed E-state index contributed by atoms with van der Waals surface area (Å²) in [5.41, 5.74) is 1.70. The van der Waals surface area contributed by atoms with Crippen molar-refractivity contribution >= 4 is 5.91 Å². The summed E-state index contributed by atoms with van der Waals surface area (Å²) in [6.45, 7) is 3.99. The van der Waals surface area contributed by atoms with E-state index in [-0.39, 0.29) is 17.7 Å². The molecule has 25 heavy (non-hydrogen) atoms. The summed E-state index contributed by atoms with van der Waals surface area (Å²) in [6.07, 6.45) is 2.09. The second-order valence-electron chi connectivity index (χ2n) is 5.70. The number of nitrogens with zero attached hydrogens (tertiary/aromatic N) is 3. The van der Waals surface area contributed by atoms with Gasteiger partial charge in [0, 0.05) is 24.5 Å². The van der Waals surface area contributed by atoms with Crippen molar-refractivity contribution < 1.29 is 18.5 Å². The quantitative estimate of drug-likeness (QED) is 0.778. The first-order valence-corrected chi connectivity index (χ1v) is 7.97. The van der Waals surface area contributed by atoms with Crippen LogP contribution in [0.25, 0.3) is 11.4 Å². The van der Waals surface area contributed by atoms with E-state index < -0.39 is 0 Å². The lowest BCUT2D eigenvalue weighted by Gasteiger charge is -2.10. The molecular weight excluding hydrogens is 324 g/mol. The van der Waals surface area contributed by atoms with Gasteiger partial charge in [0.15, 0.2) is 5.89 Å². The van der Waals surface area contributed by atoms with Crippen molar-refractivity contribution in [1.29, 1.82) is 0 Å². The fraction of sp³-hybridized carbons (Fsp3) is 0.294. The Bertz CT molecular complexity index is 930. The molecule has 0 bridgehead atoms. The van der Waals surface area contributed by atoms with Gasteiger partial charge >= 0.3 is 0 Å². The first-order valence-electron chi connectivity index (χ1n) is 7.97. The molecule has 1 atom stereocenters. The van der Waals surface area contributed by atoms with Crippen LogP contribution >= 0.6 is 0 Å². The van der Waals surface area contributed by atoms with Gasteiger partial charge in [0.05, 0.1) is 12.2 Å². The highest BCUT2D eigenvalue weighted by Crippen LogP contribution is 2.35. The molecule has 0 saturated carbocycles. The van der Waals surface area contributed by atoms with Gasteiger partial charge in [-0.1, -0.05) is 24.2 Å². The van der Waals surface area contributed by atoms with Crippen LogP contribution in [0, 0.1) is 6.92 Å². The number of hydrogen-bond acceptors (Lipinski definition) is 7. The number of ether oxygens (including phenoxy) is 1. The number of fused-ring (bicyclic) bond motifs is 1. The first-order chi connectivity index (χ1) is 12.1.